The summed E-state index contributed by atoms with van der Waals surface area (Å²) in [7, 11) is 0. The van der Waals surface area contributed by atoms with Crippen LogP contribution >= 0.6 is 0 Å². The first-order valence-corrected chi connectivity index (χ1v) is 7.67. The van der Waals surface area contributed by atoms with Crippen molar-refractivity contribution in [2.24, 2.45) is 11.8 Å². The van der Waals surface area contributed by atoms with Gasteiger partial charge in [-0.2, -0.15) is 0 Å². The summed E-state index contributed by atoms with van der Waals surface area (Å²) in [6.07, 6.45) is 6.73. The second-order valence-electron chi connectivity index (χ2n) is 5.81. The quantitative estimate of drug-likeness (QED) is 0.868. The van der Waals surface area contributed by atoms with Gasteiger partial charge in [0.1, 0.15) is 5.82 Å². The summed E-state index contributed by atoms with van der Waals surface area (Å²) in [5.74, 6) is 2.23. The van der Waals surface area contributed by atoms with Crippen LogP contribution in [0, 0.1) is 11.8 Å². The molecule has 2 atom stereocenters. The number of pyridine rings is 1. The Kier molecular flexibility index (Phi) is 5.39. The molecule has 2 unspecified atom stereocenters. The van der Waals surface area contributed by atoms with E-state index in [1.54, 1.807) is 6.20 Å². The van der Waals surface area contributed by atoms with Gasteiger partial charge in [-0.25, -0.2) is 4.98 Å². The molecule has 1 aromatic heterocycles. The number of aromatic nitrogens is 1. The number of carbonyl (C=O) groups excluding carboxylic acids is 1. The van der Waals surface area contributed by atoms with E-state index in [0.29, 0.717) is 11.5 Å². The van der Waals surface area contributed by atoms with Gasteiger partial charge < -0.3 is 10.6 Å². The SMILES string of the molecule is CCNc1ccc(C(=O)NCC2CCCC(C)C2)cn1. The fraction of sp³-hybridized carbons (Fsp3) is 0.625. The molecule has 4 heteroatoms. The van der Waals surface area contributed by atoms with E-state index in [-0.39, 0.29) is 5.91 Å². The van der Waals surface area contributed by atoms with E-state index in [1.165, 1.54) is 25.7 Å². The molecular formula is C16H25N3O. The van der Waals surface area contributed by atoms with Crippen molar-refractivity contribution in [3.63, 3.8) is 0 Å². The highest BCUT2D eigenvalue weighted by atomic mass is 16.1. The fourth-order valence-corrected chi connectivity index (χ4v) is 2.90. The number of hydrogen-bond donors (Lipinski definition) is 2. The van der Waals surface area contributed by atoms with Crippen molar-refractivity contribution in [3.05, 3.63) is 23.9 Å². The largest absolute Gasteiger partial charge is 0.370 e. The van der Waals surface area contributed by atoms with Crippen molar-refractivity contribution < 1.29 is 4.79 Å². The van der Waals surface area contributed by atoms with E-state index >= 15 is 0 Å². The number of nitrogens with one attached hydrogen (secondary N) is 2. The van der Waals surface area contributed by atoms with Crippen LogP contribution in [-0.4, -0.2) is 24.0 Å². The maximum atomic E-state index is 12.1. The first-order chi connectivity index (χ1) is 9.69. The third kappa shape index (κ3) is 4.22. The molecule has 4 nitrogen and oxygen atoms in total. The Labute approximate surface area is 121 Å². The normalized spacial score (nSPS) is 22.3. The van der Waals surface area contributed by atoms with Gasteiger partial charge in [0.25, 0.3) is 5.91 Å². The summed E-state index contributed by atoms with van der Waals surface area (Å²) in [5, 5.41) is 6.16. The molecule has 2 N–H and O–H groups in total. The van der Waals surface area contributed by atoms with Crippen LogP contribution in [0.25, 0.3) is 0 Å². The van der Waals surface area contributed by atoms with Crippen molar-refractivity contribution >= 4 is 11.7 Å². The van der Waals surface area contributed by atoms with Crippen molar-refractivity contribution in [2.75, 3.05) is 18.4 Å². The van der Waals surface area contributed by atoms with Crippen LogP contribution in [0.15, 0.2) is 18.3 Å². The molecule has 0 radical (unpaired) electrons. The molecule has 1 saturated carbocycles. The minimum atomic E-state index is -0.0150. The van der Waals surface area contributed by atoms with E-state index in [9.17, 15) is 4.79 Å². The predicted octanol–water partition coefficient (Wildman–Crippen LogP) is 3.07. The highest BCUT2D eigenvalue weighted by Gasteiger charge is 2.19. The first-order valence-electron chi connectivity index (χ1n) is 7.67. The van der Waals surface area contributed by atoms with Crippen LogP contribution in [0.3, 0.4) is 0 Å². The van der Waals surface area contributed by atoms with Gasteiger partial charge >= 0.3 is 0 Å². The summed E-state index contributed by atoms with van der Waals surface area (Å²) in [6.45, 7) is 5.95. The first kappa shape index (κ1) is 14.8. The third-order valence-corrected chi connectivity index (χ3v) is 3.98. The zero-order valence-corrected chi connectivity index (χ0v) is 12.5. The standard InChI is InChI=1S/C16H25N3O/c1-3-17-15-8-7-14(11-18-15)16(20)19-10-13-6-4-5-12(2)9-13/h7-8,11-13H,3-6,9-10H2,1-2H3,(H,17,18)(H,19,20). The van der Waals surface area contributed by atoms with Crippen molar-refractivity contribution in [1.82, 2.24) is 10.3 Å². The van der Waals surface area contributed by atoms with Gasteiger partial charge in [0.15, 0.2) is 0 Å². The van der Waals surface area contributed by atoms with E-state index < -0.39 is 0 Å². The van der Waals surface area contributed by atoms with Gasteiger partial charge in [0.2, 0.25) is 0 Å². The Morgan fingerprint density at radius 3 is 2.90 bits per heavy atom. The molecule has 0 aliphatic heterocycles. The molecule has 2 rings (SSSR count). The summed E-state index contributed by atoms with van der Waals surface area (Å²) < 4.78 is 0. The molecule has 1 amide bonds. The summed E-state index contributed by atoms with van der Waals surface area (Å²) in [6, 6.07) is 3.67. The molecule has 1 aliphatic carbocycles. The predicted molar refractivity (Wildman–Crippen MR) is 81.9 cm³/mol. The molecule has 0 saturated heterocycles. The minimum absolute atomic E-state index is 0.0150. The number of nitrogens with zero attached hydrogens (tertiary/aromatic N) is 1. The summed E-state index contributed by atoms with van der Waals surface area (Å²) in [5.41, 5.74) is 0.635. The molecular weight excluding hydrogens is 250 g/mol. The molecule has 110 valence electrons. The van der Waals surface area contributed by atoms with Crippen LogP contribution < -0.4 is 10.6 Å². The molecule has 1 fully saturated rings. The molecule has 1 heterocycles. The van der Waals surface area contributed by atoms with Gasteiger partial charge in [-0.15, -0.1) is 0 Å². The van der Waals surface area contributed by atoms with Gasteiger partial charge in [-0.05, 0) is 43.7 Å². The average Bonchev–Trinajstić information content (AvgIpc) is 2.46. The number of amides is 1. The van der Waals surface area contributed by atoms with Crippen LogP contribution in [0.5, 0.6) is 0 Å². The van der Waals surface area contributed by atoms with Crippen LogP contribution in [-0.2, 0) is 0 Å². The Balaban J connectivity index is 1.82. The maximum Gasteiger partial charge on any atom is 0.252 e. The smallest absolute Gasteiger partial charge is 0.252 e. The zero-order valence-electron chi connectivity index (χ0n) is 12.5. The van der Waals surface area contributed by atoms with E-state index in [1.807, 2.05) is 19.1 Å². The number of carbonyl (C=O) groups is 1. The lowest BCUT2D eigenvalue weighted by Crippen LogP contribution is -2.31. The van der Waals surface area contributed by atoms with Gasteiger partial charge in [0, 0.05) is 19.3 Å². The van der Waals surface area contributed by atoms with Crippen molar-refractivity contribution in [1.29, 1.82) is 0 Å². The fourth-order valence-electron chi connectivity index (χ4n) is 2.90. The minimum Gasteiger partial charge on any atom is -0.370 e. The zero-order chi connectivity index (χ0) is 14.4. The topological polar surface area (TPSA) is 54.0 Å². The molecule has 1 aliphatic rings. The average molecular weight is 275 g/mol. The highest BCUT2D eigenvalue weighted by Crippen LogP contribution is 2.27. The molecule has 1 aromatic rings. The highest BCUT2D eigenvalue weighted by molar-refractivity contribution is 5.94. The van der Waals surface area contributed by atoms with Crippen LogP contribution in [0.4, 0.5) is 5.82 Å². The molecule has 0 spiro atoms. The maximum absolute atomic E-state index is 12.1. The Morgan fingerprint density at radius 1 is 1.40 bits per heavy atom. The lowest BCUT2D eigenvalue weighted by atomic mass is 9.82. The second-order valence-corrected chi connectivity index (χ2v) is 5.81. The number of anilines is 1. The van der Waals surface area contributed by atoms with Crippen LogP contribution in [0.1, 0.15) is 49.9 Å². The van der Waals surface area contributed by atoms with Gasteiger partial charge in [-0.3, -0.25) is 4.79 Å². The van der Waals surface area contributed by atoms with E-state index in [2.05, 4.69) is 22.5 Å². The number of rotatable bonds is 5. The van der Waals surface area contributed by atoms with Crippen LogP contribution in [0.2, 0.25) is 0 Å². The van der Waals surface area contributed by atoms with Gasteiger partial charge in [0.05, 0.1) is 5.56 Å². The van der Waals surface area contributed by atoms with E-state index in [4.69, 9.17) is 0 Å². The Morgan fingerprint density at radius 2 is 2.25 bits per heavy atom. The van der Waals surface area contributed by atoms with Crippen molar-refractivity contribution in [3.8, 4) is 0 Å². The number of hydrogen-bond acceptors (Lipinski definition) is 3. The Hall–Kier alpha value is -1.58. The molecule has 0 bridgehead atoms. The van der Waals surface area contributed by atoms with E-state index in [0.717, 1.165) is 24.8 Å². The summed E-state index contributed by atoms with van der Waals surface area (Å²) in [4.78, 5) is 16.3. The monoisotopic (exact) mass is 275 g/mol. The second kappa shape index (κ2) is 7.27. The lowest BCUT2D eigenvalue weighted by molar-refractivity contribution is 0.0940. The lowest BCUT2D eigenvalue weighted by Gasteiger charge is -2.26. The molecule has 20 heavy (non-hydrogen) atoms. The Bertz CT molecular complexity index is 430. The summed E-state index contributed by atoms with van der Waals surface area (Å²) >= 11 is 0. The molecule has 0 aromatic carbocycles. The van der Waals surface area contributed by atoms with Crippen molar-refractivity contribution in [2.45, 2.75) is 39.5 Å². The third-order valence-electron chi connectivity index (χ3n) is 3.98. The van der Waals surface area contributed by atoms with Gasteiger partial charge in [-0.1, -0.05) is 19.8 Å².